The fourth-order valence-electron chi connectivity index (χ4n) is 5.21. The fraction of sp³-hybridized carbons (Fsp3) is 0.667. The molecule has 0 nitrogen and oxygen atoms in total. The van der Waals surface area contributed by atoms with Crippen molar-refractivity contribution >= 4 is 5.57 Å². The van der Waals surface area contributed by atoms with E-state index in [1.54, 1.807) is 0 Å². The van der Waals surface area contributed by atoms with E-state index in [1.165, 1.54) is 57.1 Å². The van der Waals surface area contributed by atoms with E-state index in [1.807, 2.05) is 0 Å². The van der Waals surface area contributed by atoms with Crippen molar-refractivity contribution in [2.75, 3.05) is 0 Å². The minimum absolute atomic E-state index is 0.476. The monoisotopic (exact) mass is 360 g/mol. The summed E-state index contributed by atoms with van der Waals surface area (Å²) >= 11 is 0. The van der Waals surface area contributed by atoms with E-state index < -0.39 is 11.6 Å². The molecule has 0 N–H and O–H groups in total. The maximum atomic E-state index is 13.5. The van der Waals surface area contributed by atoms with Crippen LogP contribution in [0.1, 0.15) is 83.6 Å². The van der Waals surface area contributed by atoms with Crippen molar-refractivity contribution in [3.05, 3.63) is 41.5 Å². The summed E-state index contributed by atoms with van der Waals surface area (Å²) in [5.41, 5.74) is 1.85. The van der Waals surface area contributed by atoms with Gasteiger partial charge in [-0.2, -0.15) is 0 Å². The van der Waals surface area contributed by atoms with Gasteiger partial charge in [-0.25, -0.2) is 8.78 Å². The summed E-state index contributed by atoms with van der Waals surface area (Å²) in [6, 6.07) is 3.89. The van der Waals surface area contributed by atoms with Crippen LogP contribution in [0.25, 0.3) is 5.57 Å². The normalized spacial score (nSPS) is 27.8. The highest BCUT2D eigenvalue weighted by Crippen LogP contribution is 2.42. The topological polar surface area (TPSA) is 0 Å². The minimum Gasteiger partial charge on any atom is -0.207 e. The Balaban J connectivity index is 1.53. The number of rotatable bonds is 6. The molecule has 0 aliphatic heterocycles. The zero-order valence-corrected chi connectivity index (χ0v) is 16.4. The maximum Gasteiger partial charge on any atom is 0.126 e. The van der Waals surface area contributed by atoms with Crippen molar-refractivity contribution in [2.45, 2.75) is 78.1 Å². The summed E-state index contributed by atoms with van der Waals surface area (Å²) in [7, 11) is 0. The van der Waals surface area contributed by atoms with Gasteiger partial charge in [-0.1, -0.05) is 52.0 Å². The molecule has 0 heterocycles. The van der Waals surface area contributed by atoms with Crippen LogP contribution in [0.3, 0.4) is 0 Å². The molecule has 1 saturated carbocycles. The highest BCUT2D eigenvalue weighted by Gasteiger charge is 2.30. The van der Waals surface area contributed by atoms with Gasteiger partial charge >= 0.3 is 0 Å². The molecule has 3 rings (SSSR count). The number of halogens is 2. The van der Waals surface area contributed by atoms with Crippen LogP contribution in [-0.2, 0) is 0 Å². The molecule has 0 aromatic heterocycles. The molecule has 1 aromatic rings. The first-order chi connectivity index (χ1) is 12.6. The number of hydrogen-bond donors (Lipinski definition) is 0. The Morgan fingerprint density at radius 2 is 1.65 bits per heavy atom. The predicted octanol–water partition coefficient (Wildman–Crippen LogP) is 7.78. The molecule has 2 aliphatic rings. The highest BCUT2D eigenvalue weighted by atomic mass is 19.1. The van der Waals surface area contributed by atoms with E-state index in [9.17, 15) is 8.78 Å². The van der Waals surface area contributed by atoms with Crippen LogP contribution in [0.4, 0.5) is 8.78 Å². The summed E-state index contributed by atoms with van der Waals surface area (Å²) in [5, 5.41) is 0. The van der Waals surface area contributed by atoms with Crippen LogP contribution in [0.2, 0.25) is 0 Å². The van der Waals surface area contributed by atoms with Gasteiger partial charge in [0.2, 0.25) is 0 Å². The second-order valence-corrected chi connectivity index (χ2v) is 8.70. The lowest BCUT2D eigenvalue weighted by Crippen LogP contribution is -2.26. The molecule has 2 unspecified atom stereocenters. The zero-order valence-electron chi connectivity index (χ0n) is 16.4. The van der Waals surface area contributed by atoms with Gasteiger partial charge in [0.1, 0.15) is 11.6 Å². The van der Waals surface area contributed by atoms with Gasteiger partial charge in [0, 0.05) is 6.07 Å². The van der Waals surface area contributed by atoms with Gasteiger partial charge in [-0.15, -0.1) is 0 Å². The molecular formula is C24H34F2. The lowest BCUT2D eigenvalue weighted by molar-refractivity contribution is 0.155. The Labute approximate surface area is 158 Å². The number of hydrogen-bond acceptors (Lipinski definition) is 0. The Morgan fingerprint density at radius 1 is 0.962 bits per heavy atom. The molecule has 1 fully saturated rings. The van der Waals surface area contributed by atoms with Crippen molar-refractivity contribution in [3.63, 3.8) is 0 Å². The van der Waals surface area contributed by atoms with Crippen LogP contribution in [0.15, 0.2) is 24.3 Å². The first-order valence-corrected chi connectivity index (χ1v) is 10.7. The van der Waals surface area contributed by atoms with Gasteiger partial charge in [0.05, 0.1) is 0 Å². The van der Waals surface area contributed by atoms with Crippen LogP contribution in [0.5, 0.6) is 0 Å². The molecule has 1 aromatic carbocycles. The lowest BCUT2D eigenvalue weighted by atomic mass is 9.68. The SMILES string of the molecule is CCCCC1CCC(C(C)C2CC=C(c3cc(F)cc(F)c3)CC2)CC1. The molecule has 144 valence electrons. The Kier molecular flexibility index (Phi) is 6.89. The molecule has 0 bridgehead atoms. The van der Waals surface area contributed by atoms with Gasteiger partial charge in [0.25, 0.3) is 0 Å². The first kappa shape index (κ1) is 19.6. The second-order valence-electron chi connectivity index (χ2n) is 8.70. The Bertz CT molecular complexity index is 590. The molecule has 0 amide bonds. The van der Waals surface area contributed by atoms with Gasteiger partial charge in [-0.3, -0.25) is 0 Å². The fourth-order valence-corrected chi connectivity index (χ4v) is 5.21. The Morgan fingerprint density at radius 3 is 2.23 bits per heavy atom. The van der Waals surface area contributed by atoms with E-state index in [4.69, 9.17) is 0 Å². The zero-order chi connectivity index (χ0) is 18.5. The Hall–Kier alpha value is -1.18. The van der Waals surface area contributed by atoms with Crippen LogP contribution in [-0.4, -0.2) is 0 Å². The molecule has 2 aliphatic carbocycles. The number of benzene rings is 1. The van der Waals surface area contributed by atoms with Crippen LogP contribution < -0.4 is 0 Å². The molecule has 0 saturated heterocycles. The molecule has 26 heavy (non-hydrogen) atoms. The van der Waals surface area contributed by atoms with Gasteiger partial charge in [-0.05, 0) is 79.0 Å². The quantitative estimate of drug-likeness (QED) is 0.486. The summed E-state index contributed by atoms with van der Waals surface area (Å²) in [6.45, 7) is 4.74. The maximum absolute atomic E-state index is 13.5. The summed E-state index contributed by atoms with van der Waals surface area (Å²) in [6.07, 6.45) is 15.2. The third-order valence-corrected chi connectivity index (χ3v) is 7.03. The van der Waals surface area contributed by atoms with Crippen LogP contribution >= 0.6 is 0 Å². The lowest BCUT2D eigenvalue weighted by Gasteiger charge is -2.37. The third-order valence-electron chi connectivity index (χ3n) is 7.03. The van der Waals surface area contributed by atoms with Crippen molar-refractivity contribution in [3.8, 4) is 0 Å². The molecule has 2 atom stereocenters. The summed E-state index contributed by atoms with van der Waals surface area (Å²) in [5.74, 6) is 2.39. The van der Waals surface area contributed by atoms with Gasteiger partial charge in [0.15, 0.2) is 0 Å². The van der Waals surface area contributed by atoms with Crippen molar-refractivity contribution < 1.29 is 8.78 Å². The average molecular weight is 361 g/mol. The van der Waals surface area contributed by atoms with Crippen molar-refractivity contribution in [1.29, 1.82) is 0 Å². The number of unbranched alkanes of at least 4 members (excludes halogenated alkanes) is 1. The minimum atomic E-state index is -0.476. The summed E-state index contributed by atoms with van der Waals surface area (Å²) in [4.78, 5) is 0. The van der Waals surface area contributed by atoms with E-state index >= 15 is 0 Å². The van der Waals surface area contributed by atoms with E-state index in [2.05, 4.69) is 19.9 Å². The third kappa shape index (κ3) is 4.96. The summed E-state index contributed by atoms with van der Waals surface area (Å²) < 4.78 is 26.9. The van der Waals surface area contributed by atoms with Crippen molar-refractivity contribution in [1.82, 2.24) is 0 Å². The van der Waals surface area contributed by atoms with E-state index in [0.29, 0.717) is 0 Å². The highest BCUT2D eigenvalue weighted by molar-refractivity contribution is 5.66. The first-order valence-electron chi connectivity index (χ1n) is 10.7. The van der Waals surface area contributed by atoms with Crippen LogP contribution in [0, 0.1) is 35.3 Å². The number of allylic oxidation sites excluding steroid dienone is 2. The largest absolute Gasteiger partial charge is 0.207 e. The second kappa shape index (κ2) is 9.15. The molecular weight excluding hydrogens is 326 g/mol. The standard InChI is InChI=1S/C24H34F2/c1-3-4-5-18-6-8-19(9-7-18)17(2)20-10-12-21(13-11-20)22-14-23(25)16-24(26)15-22/h12,14-20H,3-11,13H2,1-2H3. The van der Waals surface area contributed by atoms with Gasteiger partial charge < -0.3 is 0 Å². The van der Waals surface area contributed by atoms with E-state index in [-0.39, 0.29) is 0 Å². The van der Waals surface area contributed by atoms with E-state index in [0.717, 1.165) is 60.1 Å². The average Bonchev–Trinajstić information content (AvgIpc) is 2.65. The molecule has 2 heteroatoms. The molecule has 0 spiro atoms. The predicted molar refractivity (Wildman–Crippen MR) is 106 cm³/mol. The smallest absolute Gasteiger partial charge is 0.126 e. The molecule has 0 radical (unpaired) electrons. The van der Waals surface area contributed by atoms with Crippen molar-refractivity contribution in [2.24, 2.45) is 23.7 Å².